The van der Waals surface area contributed by atoms with Crippen LogP contribution in [0.4, 0.5) is 0 Å². The van der Waals surface area contributed by atoms with Gasteiger partial charge >= 0.3 is 17.2 Å². The van der Waals surface area contributed by atoms with Crippen LogP contribution < -0.4 is 27.1 Å². The standard InChI is InChI=1S/C11H15N5O2/c1-4-5-6-12-10-13-7-8(14-10)15(2)11(18)16(3)9(7)17/h4-6H2,1-3H3/p+1. The zero-order chi connectivity index (χ0) is 13.3. The van der Waals surface area contributed by atoms with Crippen LogP contribution in [-0.4, -0.2) is 21.6 Å². The van der Waals surface area contributed by atoms with E-state index >= 15 is 0 Å². The molecular weight excluding hydrogens is 234 g/mol. The third-order valence-electron chi connectivity index (χ3n) is 2.85. The topological polar surface area (TPSA) is 82.7 Å². The summed E-state index contributed by atoms with van der Waals surface area (Å²) in [5.41, 5.74) is -0.487. The molecule has 0 aliphatic carbocycles. The number of rotatable bonds is 3. The van der Waals surface area contributed by atoms with E-state index in [0.29, 0.717) is 11.4 Å². The highest BCUT2D eigenvalue weighted by Crippen LogP contribution is 1.78. The number of nitrogens with zero attached hydrogens (tertiary/aromatic N) is 4. The lowest BCUT2D eigenvalue weighted by Crippen LogP contribution is -2.72. The number of hydrogen-bond acceptors (Lipinski definition) is 2. The normalized spacial score (nSPS) is 15.4. The summed E-state index contributed by atoms with van der Waals surface area (Å²) in [6.45, 7) is 2.84. The third-order valence-corrected chi connectivity index (χ3v) is 2.85. The second-order valence-electron chi connectivity index (χ2n) is 4.21. The van der Waals surface area contributed by atoms with Crippen LogP contribution in [0.1, 0.15) is 19.8 Å². The monoisotopic (exact) mass is 250 g/mol. The number of hydrogen-bond donors (Lipinski definition) is 1. The lowest BCUT2D eigenvalue weighted by Gasteiger charge is -1.96. The molecule has 0 amide bonds. The molecule has 0 radical (unpaired) electrons. The molecule has 96 valence electrons. The highest BCUT2D eigenvalue weighted by Gasteiger charge is 2.21. The Morgan fingerprint density at radius 2 is 1.89 bits per heavy atom. The summed E-state index contributed by atoms with van der Waals surface area (Å²) in [5.74, 6) is 0.400. The predicted molar refractivity (Wildman–Crippen MR) is 65.0 cm³/mol. The molecule has 2 rings (SSSR count). The van der Waals surface area contributed by atoms with Crippen LogP contribution in [0.5, 0.6) is 0 Å². The fraction of sp³-hybridized carbons (Fsp3) is 0.545. The number of unbranched alkanes of at least 4 members (excludes halogenated alkanes) is 1. The SMILES string of the molecule is CCCC[NH+]=C1N=c2c(=O)n(C)c(=O)n(C)c2=N1. The molecule has 0 saturated heterocycles. The number of aromatic nitrogens is 2. The van der Waals surface area contributed by atoms with Gasteiger partial charge in [-0.25, -0.2) is 4.79 Å². The quantitative estimate of drug-likeness (QED) is 0.567. The van der Waals surface area contributed by atoms with E-state index in [-0.39, 0.29) is 5.36 Å². The van der Waals surface area contributed by atoms with Crippen molar-refractivity contribution in [2.45, 2.75) is 19.8 Å². The molecule has 7 heteroatoms. The summed E-state index contributed by atoms with van der Waals surface area (Å²) >= 11 is 0. The molecule has 1 aliphatic rings. The van der Waals surface area contributed by atoms with E-state index in [9.17, 15) is 9.59 Å². The van der Waals surface area contributed by atoms with Crippen molar-refractivity contribution < 1.29 is 4.99 Å². The second kappa shape index (κ2) is 4.67. The van der Waals surface area contributed by atoms with E-state index in [1.807, 2.05) is 0 Å². The summed E-state index contributed by atoms with van der Waals surface area (Å²) in [5, 5.41) is 0.221. The van der Waals surface area contributed by atoms with Crippen molar-refractivity contribution in [3.63, 3.8) is 0 Å². The molecule has 1 aromatic rings. The Morgan fingerprint density at radius 1 is 1.17 bits per heavy atom. The molecule has 0 atom stereocenters. The van der Waals surface area contributed by atoms with Gasteiger partial charge in [0.05, 0.1) is 6.54 Å². The lowest BCUT2D eigenvalue weighted by atomic mass is 10.3. The van der Waals surface area contributed by atoms with Gasteiger partial charge < -0.3 is 0 Å². The Labute approximate surface area is 103 Å². The minimum atomic E-state index is -0.413. The first-order valence-electron chi connectivity index (χ1n) is 5.90. The lowest BCUT2D eigenvalue weighted by molar-refractivity contribution is -0.459. The Balaban J connectivity index is 2.63. The maximum atomic E-state index is 11.9. The van der Waals surface area contributed by atoms with Crippen molar-refractivity contribution in [2.75, 3.05) is 6.54 Å². The first-order chi connectivity index (χ1) is 8.56. The minimum Gasteiger partial charge on any atom is -0.272 e. The molecule has 1 N–H and O–H groups in total. The average molecular weight is 250 g/mol. The molecule has 2 heterocycles. The zero-order valence-corrected chi connectivity index (χ0v) is 10.7. The molecule has 18 heavy (non-hydrogen) atoms. The van der Waals surface area contributed by atoms with E-state index < -0.39 is 11.2 Å². The van der Waals surface area contributed by atoms with Crippen LogP contribution in [0.15, 0.2) is 19.6 Å². The van der Waals surface area contributed by atoms with E-state index in [0.717, 1.165) is 24.0 Å². The maximum Gasteiger partial charge on any atom is 0.429 e. The molecular formula is C11H16N5O2+. The van der Waals surface area contributed by atoms with E-state index in [1.165, 1.54) is 11.6 Å². The zero-order valence-electron chi connectivity index (χ0n) is 10.7. The Hall–Kier alpha value is -2.05. The van der Waals surface area contributed by atoms with Gasteiger partial charge in [0.15, 0.2) is 0 Å². The Morgan fingerprint density at radius 3 is 2.56 bits per heavy atom. The summed E-state index contributed by atoms with van der Waals surface area (Å²) in [7, 11) is 3.01. The summed E-state index contributed by atoms with van der Waals surface area (Å²) in [4.78, 5) is 34.9. The summed E-state index contributed by atoms with van der Waals surface area (Å²) < 4.78 is 2.36. The number of nitrogens with one attached hydrogen (secondary N) is 1. The molecule has 0 unspecified atom stereocenters. The molecule has 1 aromatic heterocycles. The Kier molecular flexibility index (Phi) is 3.22. The molecule has 0 spiro atoms. The predicted octanol–water partition coefficient (Wildman–Crippen LogP) is -3.43. The van der Waals surface area contributed by atoms with Crippen molar-refractivity contribution in [3.05, 3.63) is 31.7 Å². The smallest absolute Gasteiger partial charge is 0.272 e. The molecule has 0 bridgehead atoms. The average Bonchev–Trinajstić information content (AvgIpc) is 2.78. The van der Waals surface area contributed by atoms with E-state index in [4.69, 9.17) is 0 Å². The molecule has 1 aliphatic heterocycles. The first kappa shape index (κ1) is 12.4. The molecule has 7 nitrogen and oxygen atoms in total. The number of fused-ring (bicyclic) bond motifs is 1. The van der Waals surface area contributed by atoms with Crippen LogP contribution >= 0.6 is 0 Å². The summed E-state index contributed by atoms with van der Waals surface area (Å²) in [6.07, 6.45) is 2.06. The molecule has 0 saturated carbocycles. The Bertz CT molecular complexity index is 738. The van der Waals surface area contributed by atoms with Gasteiger partial charge in [0.25, 0.3) is 10.8 Å². The van der Waals surface area contributed by atoms with Gasteiger partial charge in [0.2, 0.25) is 0 Å². The van der Waals surface area contributed by atoms with Crippen molar-refractivity contribution in [2.24, 2.45) is 24.1 Å². The largest absolute Gasteiger partial charge is 0.429 e. The van der Waals surface area contributed by atoms with Crippen molar-refractivity contribution >= 4 is 5.96 Å². The fourth-order valence-corrected chi connectivity index (χ4v) is 1.73. The van der Waals surface area contributed by atoms with Crippen LogP contribution in [-0.2, 0) is 14.1 Å². The van der Waals surface area contributed by atoms with Crippen LogP contribution in [0.3, 0.4) is 0 Å². The van der Waals surface area contributed by atoms with Crippen LogP contribution in [0.2, 0.25) is 0 Å². The summed E-state index contributed by atoms with van der Waals surface area (Å²) in [6, 6.07) is 0. The second-order valence-corrected chi connectivity index (χ2v) is 4.21. The first-order valence-corrected chi connectivity index (χ1v) is 5.90. The highest BCUT2D eigenvalue weighted by atomic mass is 16.2. The van der Waals surface area contributed by atoms with Gasteiger partial charge in [-0.2, -0.15) is 0 Å². The van der Waals surface area contributed by atoms with E-state index in [1.54, 1.807) is 7.05 Å². The van der Waals surface area contributed by atoms with Crippen molar-refractivity contribution in [1.29, 1.82) is 0 Å². The maximum absolute atomic E-state index is 11.9. The van der Waals surface area contributed by atoms with Crippen molar-refractivity contribution in [3.8, 4) is 0 Å². The molecule has 0 fully saturated rings. The van der Waals surface area contributed by atoms with Crippen LogP contribution in [0.25, 0.3) is 0 Å². The number of guanidine groups is 1. The van der Waals surface area contributed by atoms with Gasteiger partial charge in [-0.3, -0.25) is 18.9 Å². The van der Waals surface area contributed by atoms with E-state index in [2.05, 4.69) is 21.9 Å². The van der Waals surface area contributed by atoms with Gasteiger partial charge in [-0.05, 0) is 11.4 Å². The molecule has 0 aromatic carbocycles. The van der Waals surface area contributed by atoms with Gasteiger partial charge in [0.1, 0.15) is 0 Å². The highest BCUT2D eigenvalue weighted by molar-refractivity contribution is 5.77. The van der Waals surface area contributed by atoms with Gasteiger partial charge in [-0.15, -0.1) is 0 Å². The fourth-order valence-electron chi connectivity index (χ4n) is 1.73. The van der Waals surface area contributed by atoms with Crippen molar-refractivity contribution in [1.82, 2.24) is 9.13 Å². The van der Waals surface area contributed by atoms with Gasteiger partial charge in [0, 0.05) is 14.1 Å². The van der Waals surface area contributed by atoms with Crippen LogP contribution in [0, 0.1) is 0 Å². The third kappa shape index (κ3) is 1.92. The van der Waals surface area contributed by atoms with Gasteiger partial charge in [-0.1, -0.05) is 18.3 Å². The minimum absolute atomic E-state index is 0.221.